The van der Waals surface area contributed by atoms with Crippen LogP contribution in [0.3, 0.4) is 0 Å². The fraction of sp³-hybridized carbons (Fsp3) is 0.286. The molecule has 0 aliphatic carbocycles. The smallest absolute Gasteiger partial charge is 0.258 e. The van der Waals surface area contributed by atoms with E-state index < -0.39 is 0 Å². The van der Waals surface area contributed by atoms with Crippen molar-refractivity contribution < 1.29 is 9.53 Å². The van der Waals surface area contributed by atoms with E-state index in [1.165, 1.54) is 0 Å². The van der Waals surface area contributed by atoms with E-state index in [-0.39, 0.29) is 18.6 Å². The number of aromatic amines is 1. The topological polar surface area (TPSA) is 67.0 Å². The predicted octanol–water partition coefficient (Wildman–Crippen LogP) is 1.97. The number of rotatable bonds is 5. The van der Waals surface area contributed by atoms with Gasteiger partial charge in [-0.1, -0.05) is 18.2 Å². The van der Waals surface area contributed by atoms with Gasteiger partial charge < -0.3 is 15.0 Å². The molecule has 1 amide bonds. The number of benzene rings is 1. The van der Waals surface area contributed by atoms with Crippen molar-refractivity contribution in [2.45, 2.75) is 19.9 Å². The van der Waals surface area contributed by atoms with Gasteiger partial charge in [-0.2, -0.15) is 0 Å². The third-order valence-corrected chi connectivity index (χ3v) is 2.76. The summed E-state index contributed by atoms with van der Waals surface area (Å²) in [6, 6.07) is 7.44. The van der Waals surface area contributed by atoms with Gasteiger partial charge in [-0.3, -0.25) is 4.79 Å². The Balaban J connectivity index is 1.84. The first-order valence-corrected chi connectivity index (χ1v) is 6.14. The maximum Gasteiger partial charge on any atom is 0.258 e. The number of imidazole rings is 1. The number of aryl methyl sites for hydroxylation is 1. The van der Waals surface area contributed by atoms with Crippen molar-refractivity contribution in [1.29, 1.82) is 0 Å². The number of H-pyrrole nitrogens is 1. The number of para-hydroxylation sites is 1. The lowest BCUT2D eigenvalue weighted by Crippen LogP contribution is -2.31. The number of hydrogen-bond donors (Lipinski definition) is 2. The number of amides is 1. The van der Waals surface area contributed by atoms with E-state index >= 15 is 0 Å². The van der Waals surface area contributed by atoms with Crippen LogP contribution in [-0.4, -0.2) is 22.5 Å². The van der Waals surface area contributed by atoms with E-state index in [2.05, 4.69) is 15.3 Å². The molecule has 0 spiro atoms. The zero-order valence-electron chi connectivity index (χ0n) is 11.0. The van der Waals surface area contributed by atoms with Crippen LogP contribution in [0, 0.1) is 6.92 Å². The first kappa shape index (κ1) is 13.1. The fourth-order valence-corrected chi connectivity index (χ4v) is 1.73. The van der Waals surface area contributed by atoms with Crippen LogP contribution >= 0.6 is 0 Å². The van der Waals surface area contributed by atoms with Gasteiger partial charge in [0.1, 0.15) is 11.6 Å². The van der Waals surface area contributed by atoms with Gasteiger partial charge in [0.25, 0.3) is 5.91 Å². The first-order valence-electron chi connectivity index (χ1n) is 6.14. The Labute approximate surface area is 112 Å². The van der Waals surface area contributed by atoms with Crippen molar-refractivity contribution in [3.05, 3.63) is 48.0 Å². The van der Waals surface area contributed by atoms with E-state index in [1.54, 1.807) is 12.4 Å². The highest BCUT2D eigenvalue weighted by atomic mass is 16.5. The molecule has 0 aliphatic rings. The van der Waals surface area contributed by atoms with E-state index in [1.807, 2.05) is 38.1 Å². The standard InChI is InChI=1S/C14H17N3O2/c1-10-5-3-4-6-12(10)19-9-13(18)17-11(2)14-15-7-8-16-14/h3-8,11H,9H2,1-2H3,(H,15,16)(H,17,18). The highest BCUT2D eigenvalue weighted by Gasteiger charge is 2.11. The number of carbonyl (C=O) groups excluding carboxylic acids is 1. The zero-order chi connectivity index (χ0) is 13.7. The lowest BCUT2D eigenvalue weighted by atomic mass is 10.2. The molecular weight excluding hydrogens is 242 g/mol. The van der Waals surface area contributed by atoms with Crippen molar-refractivity contribution >= 4 is 5.91 Å². The molecule has 0 fully saturated rings. The Bertz CT molecular complexity index is 537. The summed E-state index contributed by atoms with van der Waals surface area (Å²) in [5, 5.41) is 2.81. The lowest BCUT2D eigenvalue weighted by Gasteiger charge is -2.13. The minimum atomic E-state index is -0.174. The molecule has 2 N–H and O–H groups in total. The van der Waals surface area contributed by atoms with Gasteiger partial charge in [0.05, 0.1) is 6.04 Å². The van der Waals surface area contributed by atoms with Gasteiger partial charge in [0.15, 0.2) is 6.61 Å². The molecule has 100 valence electrons. The Morgan fingerprint density at radius 3 is 2.95 bits per heavy atom. The average Bonchev–Trinajstić information content (AvgIpc) is 2.91. The maximum atomic E-state index is 11.8. The third kappa shape index (κ3) is 3.58. The van der Waals surface area contributed by atoms with Crippen molar-refractivity contribution in [2.75, 3.05) is 6.61 Å². The van der Waals surface area contributed by atoms with Gasteiger partial charge in [-0.15, -0.1) is 0 Å². The summed E-state index contributed by atoms with van der Waals surface area (Å²) in [4.78, 5) is 18.8. The second-order valence-corrected chi connectivity index (χ2v) is 4.32. The second-order valence-electron chi connectivity index (χ2n) is 4.32. The Hall–Kier alpha value is -2.30. The molecule has 1 unspecified atom stereocenters. The van der Waals surface area contributed by atoms with Crippen LogP contribution in [0.15, 0.2) is 36.7 Å². The molecule has 1 aromatic carbocycles. The first-order chi connectivity index (χ1) is 9.16. The van der Waals surface area contributed by atoms with Gasteiger partial charge in [0, 0.05) is 12.4 Å². The summed E-state index contributed by atoms with van der Waals surface area (Å²) in [6.07, 6.45) is 3.38. The van der Waals surface area contributed by atoms with E-state index in [4.69, 9.17) is 4.74 Å². The van der Waals surface area contributed by atoms with E-state index in [0.717, 1.165) is 17.1 Å². The summed E-state index contributed by atoms with van der Waals surface area (Å²) in [7, 11) is 0. The Morgan fingerprint density at radius 2 is 2.26 bits per heavy atom. The zero-order valence-corrected chi connectivity index (χ0v) is 11.0. The summed E-state index contributed by atoms with van der Waals surface area (Å²) in [5.74, 6) is 1.28. The molecule has 5 nitrogen and oxygen atoms in total. The van der Waals surface area contributed by atoms with Crippen molar-refractivity contribution in [3.63, 3.8) is 0 Å². The van der Waals surface area contributed by atoms with E-state index in [9.17, 15) is 4.79 Å². The van der Waals surface area contributed by atoms with Gasteiger partial charge in [-0.25, -0.2) is 4.98 Å². The quantitative estimate of drug-likeness (QED) is 0.862. The molecule has 0 radical (unpaired) electrons. The maximum absolute atomic E-state index is 11.8. The van der Waals surface area contributed by atoms with Crippen LogP contribution < -0.4 is 10.1 Å². The fourth-order valence-electron chi connectivity index (χ4n) is 1.73. The minimum absolute atomic E-state index is 0.00407. The van der Waals surface area contributed by atoms with Crippen LogP contribution in [0.25, 0.3) is 0 Å². The Kier molecular flexibility index (Phi) is 4.18. The molecule has 1 aromatic heterocycles. The highest BCUT2D eigenvalue weighted by molar-refractivity contribution is 5.77. The molecule has 0 aliphatic heterocycles. The minimum Gasteiger partial charge on any atom is -0.484 e. The molecule has 19 heavy (non-hydrogen) atoms. The number of nitrogens with zero attached hydrogens (tertiary/aromatic N) is 1. The van der Waals surface area contributed by atoms with Gasteiger partial charge in [-0.05, 0) is 25.5 Å². The molecule has 5 heteroatoms. The van der Waals surface area contributed by atoms with Gasteiger partial charge in [0.2, 0.25) is 0 Å². The predicted molar refractivity (Wildman–Crippen MR) is 71.8 cm³/mol. The summed E-state index contributed by atoms with van der Waals surface area (Å²) >= 11 is 0. The molecule has 0 bridgehead atoms. The van der Waals surface area contributed by atoms with Gasteiger partial charge >= 0.3 is 0 Å². The molecule has 0 saturated carbocycles. The summed E-state index contributed by atoms with van der Waals surface area (Å²) in [5.41, 5.74) is 1.01. The van der Waals surface area contributed by atoms with Crippen molar-refractivity contribution in [3.8, 4) is 5.75 Å². The summed E-state index contributed by atoms with van der Waals surface area (Å²) < 4.78 is 5.47. The largest absolute Gasteiger partial charge is 0.484 e. The highest BCUT2D eigenvalue weighted by Crippen LogP contribution is 2.15. The van der Waals surface area contributed by atoms with Crippen LogP contribution in [0.4, 0.5) is 0 Å². The molecule has 1 heterocycles. The van der Waals surface area contributed by atoms with Crippen LogP contribution in [0.2, 0.25) is 0 Å². The molecule has 0 saturated heterocycles. The normalized spacial score (nSPS) is 11.9. The third-order valence-electron chi connectivity index (χ3n) is 2.76. The van der Waals surface area contributed by atoms with Crippen molar-refractivity contribution in [1.82, 2.24) is 15.3 Å². The number of carbonyl (C=O) groups is 1. The molecular formula is C14H17N3O2. The monoisotopic (exact) mass is 259 g/mol. The van der Waals surface area contributed by atoms with E-state index in [0.29, 0.717) is 0 Å². The number of aromatic nitrogens is 2. The number of ether oxygens (including phenoxy) is 1. The summed E-state index contributed by atoms with van der Waals surface area (Å²) in [6.45, 7) is 3.80. The van der Waals surface area contributed by atoms with Crippen LogP contribution in [-0.2, 0) is 4.79 Å². The second kappa shape index (κ2) is 6.04. The Morgan fingerprint density at radius 1 is 1.47 bits per heavy atom. The molecule has 2 aromatic rings. The van der Waals surface area contributed by atoms with Crippen LogP contribution in [0.1, 0.15) is 24.4 Å². The molecule has 2 rings (SSSR count). The lowest BCUT2D eigenvalue weighted by molar-refractivity contribution is -0.123. The molecule has 1 atom stereocenters. The number of nitrogens with one attached hydrogen (secondary N) is 2. The van der Waals surface area contributed by atoms with Crippen molar-refractivity contribution in [2.24, 2.45) is 0 Å². The van der Waals surface area contributed by atoms with Crippen LogP contribution in [0.5, 0.6) is 5.75 Å². The SMILES string of the molecule is Cc1ccccc1OCC(=O)NC(C)c1ncc[nH]1. The average molecular weight is 259 g/mol. The number of hydrogen-bond acceptors (Lipinski definition) is 3.